The number of fused-ring (bicyclic) bond motifs is 1. The third-order valence-electron chi connectivity index (χ3n) is 5.07. The Labute approximate surface area is 173 Å². The molecule has 1 amide bonds. The summed E-state index contributed by atoms with van der Waals surface area (Å²) in [7, 11) is -2.44. The van der Waals surface area contributed by atoms with E-state index in [0.717, 1.165) is 24.0 Å². The predicted molar refractivity (Wildman–Crippen MR) is 111 cm³/mol. The Morgan fingerprint density at radius 2 is 2.00 bits per heavy atom. The standard InChI is InChI=1S/C20H21BrN2O4S/c1-12-3-6-17(27-2)16(9-12)22-28(25,26)18-11-15(21)10-14-7-8-23(19(14)18)20(24)13-4-5-13/h3,6,9-11,13,22H,4-5,7-8H2,1-2H3. The van der Waals surface area contributed by atoms with Gasteiger partial charge in [0.05, 0.1) is 18.5 Å². The number of ether oxygens (including phenoxy) is 1. The number of rotatable bonds is 5. The molecule has 1 heterocycles. The van der Waals surface area contributed by atoms with Crippen LogP contribution in [0.3, 0.4) is 0 Å². The number of benzene rings is 2. The van der Waals surface area contributed by atoms with Crippen molar-refractivity contribution < 1.29 is 17.9 Å². The van der Waals surface area contributed by atoms with Crippen LogP contribution in [0, 0.1) is 12.8 Å². The number of carbonyl (C=O) groups excluding carboxylic acids is 1. The average molecular weight is 465 g/mol. The first-order valence-electron chi connectivity index (χ1n) is 9.11. The minimum Gasteiger partial charge on any atom is -0.495 e. The lowest BCUT2D eigenvalue weighted by molar-refractivity contribution is -0.119. The van der Waals surface area contributed by atoms with E-state index >= 15 is 0 Å². The lowest BCUT2D eigenvalue weighted by atomic mass is 10.2. The smallest absolute Gasteiger partial charge is 0.264 e. The summed E-state index contributed by atoms with van der Waals surface area (Å²) in [6.45, 7) is 2.39. The quantitative estimate of drug-likeness (QED) is 0.728. The Morgan fingerprint density at radius 1 is 1.25 bits per heavy atom. The molecule has 1 aliphatic carbocycles. The highest BCUT2D eigenvalue weighted by atomic mass is 79.9. The minimum atomic E-state index is -3.94. The molecule has 0 spiro atoms. The van der Waals surface area contributed by atoms with Gasteiger partial charge in [-0.15, -0.1) is 0 Å². The number of hydrogen-bond donors (Lipinski definition) is 1. The van der Waals surface area contributed by atoms with E-state index in [2.05, 4.69) is 20.7 Å². The van der Waals surface area contributed by atoms with Crippen LogP contribution in [0.1, 0.15) is 24.0 Å². The molecule has 8 heteroatoms. The summed E-state index contributed by atoms with van der Waals surface area (Å²) in [5, 5.41) is 0. The first-order chi connectivity index (χ1) is 13.3. The Kier molecular flexibility index (Phi) is 4.87. The molecule has 0 bridgehead atoms. The van der Waals surface area contributed by atoms with E-state index in [1.165, 1.54) is 7.11 Å². The van der Waals surface area contributed by atoms with E-state index < -0.39 is 10.0 Å². The topological polar surface area (TPSA) is 75.7 Å². The Hall–Kier alpha value is -2.06. The number of sulfonamides is 1. The second-order valence-electron chi connectivity index (χ2n) is 7.24. The third-order valence-corrected chi connectivity index (χ3v) is 6.91. The monoisotopic (exact) mass is 464 g/mol. The molecule has 0 saturated heterocycles. The van der Waals surface area contributed by atoms with Gasteiger partial charge in [-0.25, -0.2) is 8.42 Å². The van der Waals surface area contributed by atoms with Crippen LogP contribution in [0.5, 0.6) is 5.75 Å². The predicted octanol–water partition coefficient (Wildman–Crippen LogP) is 3.87. The molecular weight excluding hydrogens is 444 g/mol. The van der Waals surface area contributed by atoms with Crippen LogP contribution in [-0.2, 0) is 21.2 Å². The molecule has 0 aromatic heterocycles. The number of nitrogens with one attached hydrogen (secondary N) is 1. The van der Waals surface area contributed by atoms with Crippen molar-refractivity contribution in [3.63, 3.8) is 0 Å². The van der Waals surface area contributed by atoms with Gasteiger partial charge >= 0.3 is 0 Å². The van der Waals surface area contributed by atoms with Gasteiger partial charge in [-0.2, -0.15) is 0 Å². The van der Waals surface area contributed by atoms with Gasteiger partial charge in [0.2, 0.25) is 5.91 Å². The molecule has 0 radical (unpaired) electrons. The Morgan fingerprint density at radius 3 is 2.68 bits per heavy atom. The molecule has 6 nitrogen and oxygen atoms in total. The molecule has 1 saturated carbocycles. The average Bonchev–Trinajstić information content (AvgIpc) is 3.40. The molecule has 0 unspecified atom stereocenters. The van der Waals surface area contributed by atoms with E-state index in [4.69, 9.17) is 4.74 Å². The van der Waals surface area contributed by atoms with Crippen LogP contribution in [0.4, 0.5) is 11.4 Å². The SMILES string of the molecule is COc1ccc(C)cc1NS(=O)(=O)c1cc(Br)cc2c1N(C(=O)C1CC1)CC2. The maximum Gasteiger partial charge on any atom is 0.264 e. The van der Waals surface area contributed by atoms with Gasteiger partial charge in [-0.3, -0.25) is 9.52 Å². The van der Waals surface area contributed by atoms with Gasteiger partial charge in [0.25, 0.3) is 10.0 Å². The first kappa shape index (κ1) is 19.3. The molecule has 0 atom stereocenters. The largest absolute Gasteiger partial charge is 0.495 e. The normalized spacial score (nSPS) is 16.0. The molecular formula is C20H21BrN2O4S. The lowest BCUT2D eigenvalue weighted by Crippen LogP contribution is -2.31. The molecule has 2 aromatic carbocycles. The van der Waals surface area contributed by atoms with Gasteiger partial charge in [0.1, 0.15) is 10.6 Å². The fourth-order valence-corrected chi connectivity index (χ4v) is 5.54. The van der Waals surface area contributed by atoms with Crippen LogP contribution in [-0.4, -0.2) is 28.0 Å². The third kappa shape index (κ3) is 3.51. The zero-order valence-electron chi connectivity index (χ0n) is 15.7. The summed E-state index contributed by atoms with van der Waals surface area (Å²) in [6, 6.07) is 8.75. The summed E-state index contributed by atoms with van der Waals surface area (Å²) in [5.41, 5.74) is 2.64. The van der Waals surface area contributed by atoms with Crippen molar-refractivity contribution in [3.8, 4) is 5.75 Å². The molecule has 148 valence electrons. The van der Waals surface area contributed by atoms with E-state index in [-0.39, 0.29) is 16.7 Å². The van der Waals surface area contributed by atoms with Gasteiger partial charge < -0.3 is 9.64 Å². The van der Waals surface area contributed by atoms with Gasteiger partial charge in [-0.05, 0) is 61.6 Å². The molecule has 4 rings (SSSR count). The van der Waals surface area contributed by atoms with E-state index in [1.807, 2.05) is 19.1 Å². The Balaban J connectivity index is 1.78. The van der Waals surface area contributed by atoms with Crippen LogP contribution in [0.2, 0.25) is 0 Å². The molecule has 1 aliphatic heterocycles. The minimum absolute atomic E-state index is 0.0191. The second kappa shape index (κ2) is 7.08. The highest BCUT2D eigenvalue weighted by Crippen LogP contribution is 2.42. The number of amides is 1. The zero-order valence-corrected chi connectivity index (χ0v) is 18.1. The van der Waals surface area contributed by atoms with Crippen molar-refractivity contribution in [2.45, 2.75) is 31.1 Å². The maximum atomic E-state index is 13.3. The van der Waals surface area contributed by atoms with Crippen molar-refractivity contribution >= 4 is 43.2 Å². The number of nitrogens with zero attached hydrogens (tertiary/aromatic N) is 1. The first-order valence-corrected chi connectivity index (χ1v) is 11.4. The van der Waals surface area contributed by atoms with Crippen molar-refractivity contribution in [3.05, 3.63) is 45.9 Å². The number of aryl methyl sites for hydroxylation is 1. The maximum absolute atomic E-state index is 13.3. The second-order valence-corrected chi connectivity index (χ2v) is 9.80. The fourth-order valence-electron chi connectivity index (χ4n) is 3.55. The number of hydrogen-bond acceptors (Lipinski definition) is 4. The summed E-state index contributed by atoms with van der Waals surface area (Å²) >= 11 is 3.41. The van der Waals surface area contributed by atoms with Crippen molar-refractivity contribution in [2.24, 2.45) is 5.92 Å². The molecule has 2 aliphatic rings. The molecule has 1 N–H and O–H groups in total. The van der Waals surface area contributed by atoms with Crippen molar-refractivity contribution in [1.82, 2.24) is 0 Å². The van der Waals surface area contributed by atoms with E-state index in [0.29, 0.717) is 34.6 Å². The number of carbonyl (C=O) groups is 1. The van der Waals surface area contributed by atoms with Crippen LogP contribution < -0.4 is 14.4 Å². The van der Waals surface area contributed by atoms with E-state index in [9.17, 15) is 13.2 Å². The molecule has 1 fully saturated rings. The fraction of sp³-hybridized carbons (Fsp3) is 0.350. The van der Waals surface area contributed by atoms with Crippen molar-refractivity contribution in [1.29, 1.82) is 0 Å². The summed E-state index contributed by atoms with van der Waals surface area (Å²) < 4.78 is 35.3. The number of anilines is 2. The lowest BCUT2D eigenvalue weighted by Gasteiger charge is -2.21. The molecule has 28 heavy (non-hydrogen) atoms. The Bertz CT molecular complexity index is 1060. The number of halogens is 1. The van der Waals surface area contributed by atoms with Gasteiger partial charge in [0.15, 0.2) is 0 Å². The summed E-state index contributed by atoms with van der Waals surface area (Å²) in [6.07, 6.45) is 2.40. The highest BCUT2D eigenvalue weighted by molar-refractivity contribution is 9.10. The van der Waals surface area contributed by atoms with Gasteiger partial charge in [-0.1, -0.05) is 22.0 Å². The van der Waals surface area contributed by atoms with Crippen LogP contribution in [0.15, 0.2) is 39.7 Å². The molecule has 2 aromatic rings. The van der Waals surface area contributed by atoms with Crippen molar-refractivity contribution in [2.75, 3.05) is 23.3 Å². The highest BCUT2D eigenvalue weighted by Gasteiger charge is 2.39. The summed E-state index contributed by atoms with van der Waals surface area (Å²) in [5.74, 6) is 0.479. The van der Waals surface area contributed by atoms with Crippen LogP contribution in [0.25, 0.3) is 0 Å². The zero-order chi connectivity index (χ0) is 20.1. The number of methoxy groups -OCH3 is 1. The van der Waals surface area contributed by atoms with Crippen LogP contribution >= 0.6 is 15.9 Å². The summed E-state index contributed by atoms with van der Waals surface area (Å²) in [4.78, 5) is 14.5. The van der Waals surface area contributed by atoms with Gasteiger partial charge in [0, 0.05) is 16.9 Å². The van der Waals surface area contributed by atoms with E-state index in [1.54, 1.807) is 23.1 Å².